The molecule has 4 aromatic heterocycles. The molecule has 208 valence electrons. The number of carbonyl (C=O) groups is 2. The smallest absolute Gasteiger partial charge is 0.251 e. The van der Waals surface area contributed by atoms with Gasteiger partial charge in [0.2, 0.25) is 11.8 Å². The van der Waals surface area contributed by atoms with E-state index in [0.29, 0.717) is 17.7 Å². The number of aromatic nitrogens is 6. The summed E-state index contributed by atoms with van der Waals surface area (Å²) in [5, 5.41) is 19.1. The maximum Gasteiger partial charge on any atom is 0.251 e. The van der Waals surface area contributed by atoms with Crippen LogP contribution in [0.5, 0.6) is 0 Å². The molecule has 0 spiro atoms. The second-order valence-corrected chi connectivity index (χ2v) is 12.1. The molecule has 4 fully saturated rings. The number of nitrogens with one attached hydrogen (secondary N) is 2. The minimum Gasteiger partial charge on any atom is -0.360 e. The van der Waals surface area contributed by atoms with Gasteiger partial charge in [0, 0.05) is 36.2 Å². The molecule has 3 aliphatic carbocycles. The van der Waals surface area contributed by atoms with Crippen molar-refractivity contribution in [2.45, 2.75) is 57.4 Å². The Morgan fingerprint density at radius 2 is 2.00 bits per heavy atom. The number of nitrogens with zero attached hydrogens (tertiary/aromatic N) is 7. The lowest BCUT2D eigenvalue weighted by atomic mass is 10.1. The van der Waals surface area contributed by atoms with Crippen molar-refractivity contribution in [2.24, 2.45) is 17.8 Å². The normalized spacial score (nSPS) is 25.2. The van der Waals surface area contributed by atoms with E-state index in [4.69, 9.17) is 5.10 Å². The minimum atomic E-state index is -0.199. The Labute approximate surface area is 236 Å². The van der Waals surface area contributed by atoms with Crippen LogP contribution in [0, 0.1) is 24.7 Å². The van der Waals surface area contributed by atoms with Crippen LogP contribution in [0.15, 0.2) is 42.7 Å². The molecule has 8 rings (SSSR count). The molecular weight excluding hydrogens is 518 g/mol. The molecule has 5 atom stereocenters. The fourth-order valence-corrected chi connectivity index (χ4v) is 6.16. The number of pyridine rings is 2. The zero-order valence-corrected chi connectivity index (χ0v) is 23.0. The zero-order valence-electron chi connectivity index (χ0n) is 23.0. The number of rotatable bonds is 8. The van der Waals surface area contributed by atoms with Crippen LogP contribution in [0.3, 0.4) is 0 Å². The van der Waals surface area contributed by atoms with Gasteiger partial charge < -0.3 is 5.32 Å². The highest BCUT2D eigenvalue weighted by Gasteiger charge is 2.53. The molecular formula is C30H31N9O2. The quantitative estimate of drug-likeness (QED) is 0.337. The summed E-state index contributed by atoms with van der Waals surface area (Å²) in [6, 6.07) is 10.2. The van der Waals surface area contributed by atoms with Gasteiger partial charge in [-0.2, -0.15) is 15.2 Å². The second kappa shape index (κ2) is 9.05. The van der Waals surface area contributed by atoms with Crippen molar-refractivity contribution in [3.63, 3.8) is 0 Å². The van der Waals surface area contributed by atoms with E-state index in [1.54, 1.807) is 6.20 Å². The van der Waals surface area contributed by atoms with Crippen molar-refractivity contribution in [1.29, 1.82) is 0 Å². The molecule has 4 aromatic rings. The second-order valence-electron chi connectivity index (χ2n) is 12.1. The lowest BCUT2D eigenvalue weighted by Crippen LogP contribution is -2.30. The van der Waals surface area contributed by atoms with Crippen molar-refractivity contribution in [3.05, 3.63) is 65.2 Å². The monoisotopic (exact) mass is 549 g/mol. The molecule has 3 saturated carbocycles. The summed E-state index contributed by atoms with van der Waals surface area (Å²) in [6.45, 7) is 4.80. The van der Waals surface area contributed by atoms with E-state index in [2.05, 4.69) is 49.0 Å². The first-order valence-corrected chi connectivity index (χ1v) is 14.5. The van der Waals surface area contributed by atoms with E-state index in [0.717, 1.165) is 47.7 Å². The first-order chi connectivity index (χ1) is 19.9. The topological polar surface area (TPSA) is 130 Å². The Kier molecular flexibility index (Phi) is 5.38. The molecule has 0 radical (unpaired) electrons. The fourth-order valence-electron chi connectivity index (χ4n) is 6.16. The van der Waals surface area contributed by atoms with Crippen LogP contribution in [0.2, 0.25) is 0 Å². The number of aryl methyl sites for hydroxylation is 1. The highest BCUT2D eigenvalue weighted by molar-refractivity contribution is 5.99. The lowest BCUT2D eigenvalue weighted by molar-refractivity contribution is -0.119. The molecule has 41 heavy (non-hydrogen) atoms. The van der Waals surface area contributed by atoms with Gasteiger partial charge >= 0.3 is 0 Å². The van der Waals surface area contributed by atoms with E-state index in [1.165, 1.54) is 24.6 Å². The van der Waals surface area contributed by atoms with Crippen LogP contribution >= 0.6 is 0 Å². The average Bonchev–Trinajstić information content (AvgIpc) is 3.87. The van der Waals surface area contributed by atoms with Gasteiger partial charge in [0.1, 0.15) is 5.82 Å². The van der Waals surface area contributed by atoms with E-state index in [9.17, 15) is 9.59 Å². The summed E-state index contributed by atoms with van der Waals surface area (Å²) in [4.78, 5) is 36.6. The number of hydrogen-bond donors (Lipinski definition) is 2. The lowest BCUT2D eigenvalue weighted by Gasteiger charge is -2.20. The number of carbonyl (C=O) groups excluding carboxylic acids is 2. The van der Waals surface area contributed by atoms with Gasteiger partial charge in [-0.05, 0) is 92.8 Å². The van der Waals surface area contributed by atoms with Crippen molar-refractivity contribution in [1.82, 2.24) is 29.8 Å². The zero-order chi connectivity index (χ0) is 27.8. The minimum absolute atomic E-state index is 0.117. The molecule has 11 nitrogen and oxygen atoms in total. The third kappa shape index (κ3) is 4.49. The number of hydrogen-bond acceptors (Lipinski definition) is 8. The first-order valence-electron chi connectivity index (χ1n) is 14.5. The van der Waals surface area contributed by atoms with E-state index in [1.807, 2.05) is 35.4 Å². The Morgan fingerprint density at radius 3 is 2.78 bits per heavy atom. The van der Waals surface area contributed by atoms with Gasteiger partial charge in [-0.3, -0.25) is 24.8 Å². The summed E-state index contributed by atoms with van der Waals surface area (Å²) in [5.74, 6) is 2.83. The van der Waals surface area contributed by atoms with Crippen molar-refractivity contribution >= 4 is 34.9 Å². The maximum absolute atomic E-state index is 12.9. The maximum atomic E-state index is 12.9. The highest BCUT2D eigenvalue weighted by Crippen LogP contribution is 2.49. The first kappa shape index (κ1) is 24.4. The van der Waals surface area contributed by atoms with Gasteiger partial charge in [-0.15, -0.1) is 5.10 Å². The molecule has 5 heterocycles. The average molecular weight is 550 g/mol. The van der Waals surface area contributed by atoms with Gasteiger partial charge in [0.05, 0.1) is 23.4 Å². The molecule has 0 aromatic carbocycles. The summed E-state index contributed by atoms with van der Waals surface area (Å²) in [6.07, 6.45) is 7.48. The molecule has 4 aliphatic rings. The standard InChI is InChI=1S/C30H31N9O2/c1-15-5-6-31-25(7-15)22-12-23(22)28(40)35-30-34-26(13-32-36-30)33-16(2)24-11-20-8-18(17-3-4-17)10-27(39(20)37-24)38-14-19-9-21(19)29(38)41/h5-8,10-11,13,16-17,19,21-23H,3-4,9,12,14H2,1-2H3,(H2,33,34,35,36,40)/t16-,19?,21?,22+,23+/m1/s1. The Balaban J connectivity index is 0.987. The predicted molar refractivity (Wildman–Crippen MR) is 151 cm³/mol. The number of amides is 2. The van der Waals surface area contributed by atoms with Crippen molar-refractivity contribution in [2.75, 3.05) is 22.1 Å². The van der Waals surface area contributed by atoms with Crippen LogP contribution < -0.4 is 15.5 Å². The van der Waals surface area contributed by atoms with Crippen LogP contribution in [0.4, 0.5) is 17.6 Å². The molecule has 2 amide bonds. The number of piperidine rings is 1. The SMILES string of the molecule is Cc1ccnc([C@H]2C[C@@H]2C(=O)Nc2nncc(N[C@H](C)c3cc4cc(C5CC5)cc(N5CC6CC6C5=O)n4n3)n2)c1. The largest absolute Gasteiger partial charge is 0.360 e. The highest BCUT2D eigenvalue weighted by atomic mass is 16.2. The number of fused-ring (bicyclic) bond motifs is 2. The van der Waals surface area contributed by atoms with Crippen LogP contribution in [-0.2, 0) is 9.59 Å². The summed E-state index contributed by atoms with van der Waals surface area (Å²) < 4.78 is 1.90. The van der Waals surface area contributed by atoms with Gasteiger partial charge in [0.25, 0.3) is 5.95 Å². The van der Waals surface area contributed by atoms with Crippen molar-refractivity contribution in [3.8, 4) is 0 Å². The molecule has 1 saturated heterocycles. The van der Waals surface area contributed by atoms with Crippen molar-refractivity contribution < 1.29 is 9.59 Å². The predicted octanol–water partition coefficient (Wildman–Crippen LogP) is 4.00. The molecule has 0 bridgehead atoms. The summed E-state index contributed by atoms with van der Waals surface area (Å²) in [5.41, 5.74) is 5.17. The third-order valence-electron chi connectivity index (χ3n) is 8.88. The van der Waals surface area contributed by atoms with E-state index >= 15 is 0 Å². The Hall–Kier alpha value is -4.41. The van der Waals surface area contributed by atoms with Gasteiger partial charge in [-0.1, -0.05) is 0 Å². The van der Waals surface area contributed by atoms with Gasteiger partial charge in [0.15, 0.2) is 5.82 Å². The summed E-state index contributed by atoms with van der Waals surface area (Å²) >= 11 is 0. The summed E-state index contributed by atoms with van der Waals surface area (Å²) in [7, 11) is 0. The molecule has 11 heteroatoms. The van der Waals surface area contributed by atoms with Crippen LogP contribution in [-0.4, -0.2) is 48.1 Å². The van der Waals surface area contributed by atoms with Crippen LogP contribution in [0.25, 0.3) is 5.52 Å². The van der Waals surface area contributed by atoms with E-state index < -0.39 is 0 Å². The van der Waals surface area contributed by atoms with Gasteiger partial charge in [-0.25, -0.2) is 4.52 Å². The van der Waals surface area contributed by atoms with E-state index in [-0.39, 0.29) is 41.6 Å². The van der Waals surface area contributed by atoms with Crippen LogP contribution in [0.1, 0.15) is 73.0 Å². The Bertz CT molecular complexity index is 1710. The third-order valence-corrected chi connectivity index (χ3v) is 8.88. The fraction of sp³-hybridized carbons (Fsp3) is 0.433. The molecule has 2 N–H and O–H groups in total. The Morgan fingerprint density at radius 1 is 1.12 bits per heavy atom. The molecule has 2 unspecified atom stereocenters. The molecule has 1 aliphatic heterocycles. The number of anilines is 3.